The molecule has 0 spiro atoms. The number of hydrogen-bond donors (Lipinski definition) is 1. The molecule has 0 aliphatic carbocycles. The van der Waals surface area contributed by atoms with E-state index in [1.807, 2.05) is 61.5 Å². The number of benzene rings is 2. The Morgan fingerprint density at radius 3 is 2.96 bits per heavy atom. The second-order valence-corrected chi connectivity index (χ2v) is 7.03. The highest BCUT2D eigenvalue weighted by atomic mass is 32.2. The molecule has 0 aliphatic heterocycles. The number of thioether (sulfide) groups is 1. The lowest BCUT2D eigenvalue weighted by Crippen LogP contribution is -2.29. The first-order valence-corrected chi connectivity index (χ1v) is 9.81. The first kappa shape index (κ1) is 19.0. The Morgan fingerprint density at radius 1 is 1.30 bits per heavy atom. The molecule has 5 nitrogen and oxygen atoms in total. The summed E-state index contributed by atoms with van der Waals surface area (Å²) in [7, 11) is 0. The second kappa shape index (κ2) is 9.28. The number of amides is 1. The molecule has 0 radical (unpaired) electrons. The van der Waals surface area contributed by atoms with Gasteiger partial charge in [-0.05, 0) is 36.8 Å². The van der Waals surface area contributed by atoms with Crippen LogP contribution in [0.1, 0.15) is 5.56 Å². The summed E-state index contributed by atoms with van der Waals surface area (Å²) in [4.78, 5) is 16.7. The third-order valence-corrected chi connectivity index (χ3v) is 4.92. The Labute approximate surface area is 163 Å². The van der Waals surface area contributed by atoms with Gasteiger partial charge in [0.1, 0.15) is 12.4 Å². The Hall–Kier alpha value is -2.73. The third kappa shape index (κ3) is 5.14. The van der Waals surface area contributed by atoms with Gasteiger partial charge in [-0.2, -0.15) is 0 Å². The molecule has 0 unspecified atom stereocenters. The summed E-state index contributed by atoms with van der Waals surface area (Å²) >= 11 is 1.43. The number of ether oxygens (including phenoxy) is 1. The van der Waals surface area contributed by atoms with Crippen LogP contribution >= 0.6 is 11.8 Å². The fourth-order valence-electron chi connectivity index (χ4n) is 2.71. The summed E-state index contributed by atoms with van der Waals surface area (Å²) in [6.07, 6.45) is 1.83. The molecular weight excluding hydrogens is 358 g/mol. The van der Waals surface area contributed by atoms with Gasteiger partial charge in [0.05, 0.1) is 23.3 Å². The molecule has 0 atom stereocenters. The summed E-state index contributed by atoms with van der Waals surface area (Å²) in [5, 5.41) is 3.70. The van der Waals surface area contributed by atoms with Crippen molar-refractivity contribution in [2.75, 3.05) is 18.9 Å². The molecule has 140 valence electrons. The molecule has 0 bridgehead atoms. The monoisotopic (exact) mass is 381 g/mol. The minimum atomic E-state index is -0.0370. The lowest BCUT2D eigenvalue weighted by Gasteiger charge is -2.09. The highest BCUT2D eigenvalue weighted by Crippen LogP contribution is 2.24. The summed E-state index contributed by atoms with van der Waals surface area (Å²) in [5.74, 6) is 1.09. The van der Waals surface area contributed by atoms with E-state index in [0.29, 0.717) is 25.4 Å². The van der Waals surface area contributed by atoms with Gasteiger partial charge in [0.15, 0.2) is 5.16 Å². The van der Waals surface area contributed by atoms with Crippen LogP contribution in [0, 0.1) is 6.92 Å². The van der Waals surface area contributed by atoms with Crippen molar-refractivity contribution in [1.82, 2.24) is 14.9 Å². The Bertz CT molecular complexity index is 936. The smallest absolute Gasteiger partial charge is 0.230 e. The molecule has 2 aromatic carbocycles. The molecule has 3 rings (SSSR count). The van der Waals surface area contributed by atoms with Crippen molar-refractivity contribution in [2.45, 2.75) is 18.6 Å². The van der Waals surface area contributed by atoms with E-state index in [1.165, 1.54) is 11.8 Å². The maximum absolute atomic E-state index is 12.1. The standard InChI is InChI=1S/C21H23N3O2S/c1-3-12-24-19-10-5-4-9-18(19)23-21(24)27-15-20(25)22-11-13-26-17-8-6-7-16(2)14-17/h3-10,14H,1,11-13,15H2,2H3,(H,22,25). The van der Waals surface area contributed by atoms with Crippen LogP contribution in [0.15, 0.2) is 66.3 Å². The quantitative estimate of drug-likeness (QED) is 0.348. The maximum atomic E-state index is 12.1. The number of rotatable bonds is 9. The first-order valence-electron chi connectivity index (χ1n) is 8.82. The molecular formula is C21H23N3O2S. The number of para-hydroxylation sites is 2. The van der Waals surface area contributed by atoms with E-state index < -0.39 is 0 Å². The first-order chi connectivity index (χ1) is 13.2. The topological polar surface area (TPSA) is 56.2 Å². The SMILES string of the molecule is C=CCn1c(SCC(=O)NCCOc2cccc(C)c2)nc2ccccc21. The van der Waals surface area contributed by atoms with Gasteiger partial charge in [-0.1, -0.05) is 42.1 Å². The van der Waals surface area contributed by atoms with Crippen LogP contribution in [0.25, 0.3) is 11.0 Å². The van der Waals surface area contributed by atoms with E-state index in [-0.39, 0.29) is 5.91 Å². The average Bonchev–Trinajstić information content (AvgIpc) is 3.02. The van der Waals surface area contributed by atoms with E-state index in [9.17, 15) is 4.79 Å². The summed E-state index contributed by atoms with van der Waals surface area (Å²) in [6.45, 7) is 7.40. The Morgan fingerprint density at radius 2 is 2.15 bits per heavy atom. The van der Waals surface area contributed by atoms with Crippen LogP contribution in [-0.4, -0.2) is 34.4 Å². The maximum Gasteiger partial charge on any atom is 0.230 e. The fourth-order valence-corrected chi connectivity index (χ4v) is 3.57. The number of nitrogens with zero attached hydrogens (tertiary/aromatic N) is 2. The molecule has 6 heteroatoms. The predicted molar refractivity (Wildman–Crippen MR) is 110 cm³/mol. The molecule has 3 aromatic rings. The zero-order valence-corrected chi connectivity index (χ0v) is 16.2. The minimum absolute atomic E-state index is 0.0370. The number of carbonyl (C=O) groups is 1. The van der Waals surface area contributed by atoms with Crippen LogP contribution in [0.5, 0.6) is 5.75 Å². The van der Waals surface area contributed by atoms with Crippen LogP contribution < -0.4 is 10.1 Å². The summed E-state index contributed by atoms with van der Waals surface area (Å²) < 4.78 is 7.71. The normalized spacial score (nSPS) is 10.7. The number of nitrogens with one attached hydrogen (secondary N) is 1. The van der Waals surface area contributed by atoms with Crippen molar-refractivity contribution in [1.29, 1.82) is 0 Å². The van der Waals surface area contributed by atoms with Crippen molar-refractivity contribution < 1.29 is 9.53 Å². The van der Waals surface area contributed by atoms with Crippen LogP contribution in [0.3, 0.4) is 0 Å². The van der Waals surface area contributed by atoms with Crippen LogP contribution in [0.4, 0.5) is 0 Å². The summed E-state index contributed by atoms with van der Waals surface area (Å²) in [5.41, 5.74) is 3.12. The zero-order valence-electron chi connectivity index (χ0n) is 15.4. The van der Waals surface area contributed by atoms with Gasteiger partial charge in [0.25, 0.3) is 0 Å². The Balaban J connectivity index is 1.48. The van der Waals surface area contributed by atoms with Gasteiger partial charge in [-0.15, -0.1) is 6.58 Å². The van der Waals surface area contributed by atoms with E-state index in [1.54, 1.807) is 0 Å². The van der Waals surface area contributed by atoms with Gasteiger partial charge in [-0.3, -0.25) is 4.79 Å². The molecule has 27 heavy (non-hydrogen) atoms. The molecule has 1 N–H and O–H groups in total. The molecule has 0 saturated carbocycles. The minimum Gasteiger partial charge on any atom is -0.492 e. The highest BCUT2D eigenvalue weighted by molar-refractivity contribution is 7.99. The van der Waals surface area contributed by atoms with E-state index in [4.69, 9.17) is 4.74 Å². The number of allylic oxidation sites excluding steroid dienone is 1. The predicted octanol–water partition coefficient (Wildman–Crippen LogP) is 3.82. The number of carbonyl (C=O) groups excluding carboxylic acids is 1. The van der Waals surface area contributed by atoms with Gasteiger partial charge in [0, 0.05) is 6.54 Å². The van der Waals surface area contributed by atoms with Gasteiger partial charge in [-0.25, -0.2) is 4.98 Å². The molecule has 1 amide bonds. The number of hydrogen-bond acceptors (Lipinski definition) is 4. The molecule has 0 fully saturated rings. The van der Waals surface area contributed by atoms with E-state index in [2.05, 4.69) is 21.4 Å². The molecule has 1 aromatic heterocycles. The lowest BCUT2D eigenvalue weighted by molar-refractivity contribution is -0.118. The van der Waals surface area contributed by atoms with E-state index >= 15 is 0 Å². The van der Waals surface area contributed by atoms with Crippen molar-refractivity contribution >= 4 is 28.7 Å². The highest BCUT2D eigenvalue weighted by Gasteiger charge is 2.11. The van der Waals surface area contributed by atoms with Crippen molar-refractivity contribution in [3.8, 4) is 5.75 Å². The largest absolute Gasteiger partial charge is 0.492 e. The number of aryl methyl sites for hydroxylation is 1. The number of aromatic nitrogens is 2. The van der Waals surface area contributed by atoms with Gasteiger partial charge >= 0.3 is 0 Å². The number of imidazole rings is 1. The van der Waals surface area contributed by atoms with Crippen molar-refractivity contribution in [2.24, 2.45) is 0 Å². The van der Waals surface area contributed by atoms with Gasteiger partial charge < -0.3 is 14.6 Å². The second-order valence-electron chi connectivity index (χ2n) is 6.09. The van der Waals surface area contributed by atoms with Gasteiger partial charge in [0.2, 0.25) is 5.91 Å². The van der Waals surface area contributed by atoms with Crippen molar-refractivity contribution in [3.05, 3.63) is 66.7 Å². The lowest BCUT2D eigenvalue weighted by atomic mass is 10.2. The van der Waals surface area contributed by atoms with Crippen LogP contribution in [0.2, 0.25) is 0 Å². The Kier molecular flexibility index (Phi) is 6.54. The summed E-state index contributed by atoms with van der Waals surface area (Å²) in [6, 6.07) is 15.8. The molecule has 0 saturated heterocycles. The number of fused-ring (bicyclic) bond motifs is 1. The van der Waals surface area contributed by atoms with Crippen molar-refractivity contribution in [3.63, 3.8) is 0 Å². The average molecular weight is 382 g/mol. The zero-order chi connectivity index (χ0) is 19.1. The molecule has 1 heterocycles. The van der Waals surface area contributed by atoms with Crippen LogP contribution in [-0.2, 0) is 11.3 Å². The molecule has 0 aliphatic rings. The van der Waals surface area contributed by atoms with E-state index in [0.717, 1.165) is 27.5 Å². The third-order valence-electron chi connectivity index (χ3n) is 3.95. The fraction of sp³-hybridized carbons (Fsp3) is 0.238.